The third-order valence-corrected chi connectivity index (χ3v) is 4.77. The molecular weight excluding hydrogens is 485 g/mol. The highest BCUT2D eigenvalue weighted by Gasteiger charge is 2.28. The van der Waals surface area contributed by atoms with Crippen molar-refractivity contribution in [2.45, 2.75) is 13.0 Å². The Bertz CT molecular complexity index is 803. The molecular formula is C19H30IN7O2. The van der Waals surface area contributed by atoms with Crippen molar-refractivity contribution in [1.29, 1.82) is 0 Å². The van der Waals surface area contributed by atoms with Gasteiger partial charge in [0.15, 0.2) is 5.96 Å². The molecule has 0 aromatic carbocycles. The van der Waals surface area contributed by atoms with Crippen LogP contribution < -0.4 is 10.2 Å². The summed E-state index contributed by atoms with van der Waals surface area (Å²) in [6.07, 6.45) is 5.26. The van der Waals surface area contributed by atoms with Gasteiger partial charge in [-0.05, 0) is 33.2 Å². The predicted octanol–water partition coefficient (Wildman–Crippen LogP) is 1.55. The molecule has 2 aromatic rings. The summed E-state index contributed by atoms with van der Waals surface area (Å²) >= 11 is 0. The summed E-state index contributed by atoms with van der Waals surface area (Å²) in [5.41, 5.74) is 0.833. The normalized spacial score (nSPS) is 16.2. The van der Waals surface area contributed by atoms with Crippen LogP contribution in [0.2, 0.25) is 0 Å². The van der Waals surface area contributed by atoms with Crippen molar-refractivity contribution in [3.8, 4) is 0 Å². The molecule has 3 rings (SSSR count). The summed E-state index contributed by atoms with van der Waals surface area (Å²) < 4.78 is 7.27. The highest BCUT2D eigenvalue weighted by atomic mass is 127. The first-order valence-corrected chi connectivity index (χ1v) is 9.51. The molecule has 9 nitrogen and oxygen atoms in total. The number of piperazine rings is 1. The Balaban J connectivity index is 0.00000300. The number of furan rings is 1. The lowest BCUT2D eigenvalue weighted by Crippen LogP contribution is -2.55. The average Bonchev–Trinajstić information content (AvgIpc) is 3.33. The molecule has 1 atom stereocenters. The fraction of sp³-hybridized carbons (Fsp3) is 0.526. The Labute approximate surface area is 188 Å². The number of anilines is 1. The van der Waals surface area contributed by atoms with E-state index in [1.807, 2.05) is 51.3 Å². The Morgan fingerprint density at radius 1 is 1.41 bits per heavy atom. The van der Waals surface area contributed by atoms with E-state index in [-0.39, 0.29) is 42.5 Å². The van der Waals surface area contributed by atoms with Gasteiger partial charge in [0, 0.05) is 32.9 Å². The van der Waals surface area contributed by atoms with E-state index in [2.05, 4.69) is 15.3 Å². The molecule has 10 heteroatoms. The molecule has 0 spiro atoms. The fourth-order valence-electron chi connectivity index (χ4n) is 3.26. The van der Waals surface area contributed by atoms with Crippen LogP contribution in [0.4, 0.5) is 5.69 Å². The Morgan fingerprint density at radius 2 is 2.21 bits per heavy atom. The first-order valence-electron chi connectivity index (χ1n) is 9.51. The van der Waals surface area contributed by atoms with Gasteiger partial charge in [0.1, 0.15) is 12.3 Å². The molecule has 1 saturated heterocycles. The zero-order valence-electron chi connectivity index (χ0n) is 17.4. The topological polar surface area (TPSA) is 82.1 Å². The van der Waals surface area contributed by atoms with Crippen LogP contribution in [0.1, 0.15) is 18.7 Å². The number of nitrogens with one attached hydrogen (secondary N) is 1. The van der Waals surface area contributed by atoms with Crippen molar-refractivity contribution < 1.29 is 9.21 Å². The van der Waals surface area contributed by atoms with Gasteiger partial charge in [-0.3, -0.25) is 19.4 Å². The number of carbonyl (C=O) groups is 1. The Kier molecular flexibility index (Phi) is 8.50. The summed E-state index contributed by atoms with van der Waals surface area (Å²) in [5, 5.41) is 7.47. The molecule has 1 N–H and O–H groups in total. The third-order valence-electron chi connectivity index (χ3n) is 4.77. The van der Waals surface area contributed by atoms with Gasteiger partial charge < -0.3 is 19.5 Å². The van der Waals surface area contributed by atoms with Crippen molar-refractivity contribution >= 4 is 41.5 Å². The lowest BCUT2D eigenvalue weighted by Gasteiger charge is -2.35. The van der Waals surface area contributed by atoms with Crippen LogP contribution >= 0.6 is 24.0 Å². The molecule has 2 aromatic heterocycles. The minimum absolute atomic E-state index is 0. The molecule has 1 amide bonds. The lowest BCUT2D eigenvalue weighted by atomic mass is 10.2. The monoisotopic (exact) mass is 515 g/mol. The predicted molar refractivity (Wildman–Crippen MR) is 124 cm³/mol. The highest BCUT2D eigenvalue weighted by molar-refractivity contribution is 14.0. The van der Waals surface area contributed by atoms with Crippen molar-refractivity contribution in [3.05, 3.63) is 36.5 Å². The quantitative estimate of drug-likeness (QED) is 0.357. The van der Waals surface area contributed by atoms with Crippen molar-refractivity contribution in [2.75, 3.05) is 51.7 Å². The van der Waals surface area contributed by atoms with Crippen molar-refractivity contribution in [1.82, 2.24) is 24.9 Å². The number of aromatic nitrogens is 2. The van der Waals surface area contributed by atoms with Crippen LogP contribution in [0.15, 0.2) is 40.2 Å². The summed E-state index contributed by atoms with van der Waals surface area (Å²) in [5.74, 6) is 1.67. The minimum atomic E-state index is 0. The van der Waals surface area contributed by atoms with E-state index in [4.69, 9.17) is 9.41 Å². The zero-order valence-corrected chi connectivity index (χ0v) is 19.7. The number of guanidine groups is 1. The fourth-order valence-corrected chi connectivity index (χ4v) is 3.26. The first-order chi connectivity index (χ1) is 13.5. The molecule has 1 aliphatic heterocycles. The van der Waals surface area contributed by atoms with Gasteiger partial charge in [0.05, 0.1) is 30.7 Å². The maximum atomic E-state index is 12.7. The smallest absolute Gasteiger partial charge is 0.246 e. The molecule has 1 fully saturated rings. The number of likely N-dealkylation sites (N-methyl/N-ethyl adjacent to an activating group) is 1. The molecule has 0 bridgehead atoms. The number of rotatable bonds is 6. The van der Waals surface area contributed by atoms with Gasteiger partial charge in [0.2, 0.25) is 5.91 Å². The molecule has 29 heavy (non-hydrogen) atoms. The molecule has 1 unspecified atom stereocenters. The number of carbonyl (C=O) groups excluding carboxylic acids is 1. The van der Waals surface area contributed by atoms with E-state index in [1.165, 1.54) is 0 Å². The minimum Gasteiger partial charge on any atom is -0.468 e. The average molecular weight is 515 g/mol. The third kappa shape index (κ3) is 5.72. The van der Waals surface area contributed by atoms with Gasteiger partial charge in [-0.1, -0.05) is 0 Å². The number of halogens is 1. The van der Waals surface area contributed by atoms with Crippen molar-refractivity contribution in [3.63, 3.8) is 0 Å². The van der Waals surface area contributed by atoms with Gasteiger partial charge in [-0.2, -0.15) is 5.10 Å². The molecule has 160 valence electrons. The van der Waals surface area contributed by atoms with Crippen LogP contribution in [0.25, 0.3) is 0 Å². The van der Waals surface area contributed by atoms with E-state index in [1.54, 1.807) is 22.0 Å². The summed E-state index contributed by atoms with van der Waals surface area (Å²) in [7, 11) is 5.86. The zero-order chi connectivity index (χ0) is 20.1. The number of hydrogen-bond acceptors (Lipinski definition) is 5. The summed E-state index contributed by atoms with van der Waals surface area (Å²) in [6.45, 7) is 4.90. The molecule has 1 aliphatic rings. The van der Waals surface area contributed by atoms with E-state index in [0.717, 1.165) is 24.0 Å². The van der Waals surface area contributed by atoms with E-state index in [9.17, 15) is 4.79 Å². The Morgan fingerprint density at radius 3 is 2.76 bits per heavy atom. The molecule has 3 heterocycles. The van der Waals surface area contributed by atoms with Crippen LogP contribution in [0, 0.1) is 0 Å². The second kappa shape index (κ2) is 10.6. The van der Waals surface area contributed by atoms with Crippen LogP contribution in [-0.2, 0) is 11.8 Å². The molecule has 0 saturated carbocycles. The van der Waals surface area contributed by atoms with E-state index < -0.39 is 0 Å². The second-order valence-corrected chi connectivity index (χ2v) is 7.03. The van der Waals surface area contributed by atoms with Gasteiger partial charge in [-0.15, -0.1) is 24.0 Å². The van der Waals surface area contributed by atoms with Crippen LogP contribution in [0.3, 0.4) is 0 Å². The van der Waals surface area contributed by atoms with Crippen LogP contribution in [-0.4, -0.2) is 78.3 Å². The first kappa shape index (κ1) is 23.2. The number of aliphatic imine (C=N–C) groups is 1. The number of amides is 1. The maximum Gasteiger partial charge on any atom is 0.246 e. The number of aryl methyl sites for hydroxylation is 1. The van der Waals surface area contributed by atoms with E-state index in [0.29, 0.717) is 19.6 Å². The lowest BCUT2D eigenvalue weighted by molar-refractivity contribution is -0.120. The summed E-state index contributed by atoms with van der Waals surface area (Å²) in [4.78, 5) is 23.4. The van der Waals surface area contributed by atoms with Crippen molar-refractivity contribution in [2.24, 2.45) is 12.0 Å². The number of hydrogen-bond donors (Lipinski definition) is 1. The van der Waals surface area contributed by atoms with Gasteiger partial charge in [-0.25, -0.2) is 0 Å². The molecule has 0 aliphatic carbocycles. The molecule has 0 radical (unpaired) electrons. The van der Waals surface area contributed by atoms with Crippen LogP contribution in [0.5, 0.6) is 0 Å². The highest BCUT2D eigenvalue weighted by Crippen LogP contribution is 2.20. The van der Waals surface area contributed by atoms with Gasteiger partial charge in [0.25, 0.3) is 0 Å². The summed E-state index contributed by atoms with van der Waals surface area (Å²) in [6, 6.07) is 3.89. The van der Waals surface area contributed by atoms with Gasteiger partial charge >= 0.3 is 0 Å². The SMILES string of the molecule is CCNC(=NCC(c1ccco1)N(C)C)N1CCN(c2cnn(C)c2)C(=O)C1.I. The number of nitrogens with zero attached hydrogens (tertiary/aromatic N) is 6. The maximum absolute atomic E-state index is 12.7. The van der Waals surface area contributed by atoms with E-state index >= 15 is 0 Å². The standard InChI is InChI=1S/C19H29N7O2.HI/c1-5-20-19(21-12-16(23(2)3)17-7-6-10-28-17)25-8-9-26(18(27)14-25)15-11-22-24(4)13-15;/h6-7,10-11,13,16H,5,8-9,12,14H2,1-4H3,(H,20,21);1H. The largest absolute Gasteiger partial charge is 0.468 e. The Hall–Kier alpha value is -2.08. The second-order valence-electron chi connectivity index (χ2n) is 7.03.